The van der Waals surface area contributed by atoms with Gasteiger partial charge in [0.1, 0.15) is 23.0 Å². The predicted molar refractivity (Wildman–Crippen MR) is 89.9 cm³/mol. The monoisotopic (exact) mass is 323 g/mol. The zero-order valence-electron chi connectivity index (χ0n) is 15.0. The van der Waals surface area contributed by atoms with Crippen molar-refractivity contribution in [2.75, 3.05) is 28.4 Å². The summed E-state index contributed by atoms with van der Waals surface area (Å²) in [6.45, 7) is 1.12. The summed E-state index contributed by atoms with van der Waals surface area (Å²) in [4.78, 5) is 0. The maximum atomic E-state index is 5.38. The van der Waals surface area contributed by atoms with Crippen LogP contribution in [0.15, 0.2) is 36.4 Å². The van der Waals surface area contributed by atoms with Gasteiger partial charge in [0.05, 0.1) is 28.4 Å². The first-order valence-corrected chi connectivity index (χ1v) is 7.27. The molecule has 0 aliphatic carbocycles. The van der Waals surface area contributed by atoms with Gasteiger partial charge in [0, 0.05) is 12.1 Å². The molecule has 0 N–H and O–H groups in total. The Morgan fingerprint density at radius 3 is 1.42 bits per heavy atom. The summed E-state index contributed by atoms with van der Waals surface area (Å²) in [5.41, 5.74) is 2.03. The summed E-state index contributed by atoms with van der Waals surface area (Å²) in [7, 11) is 6.55. The van der Waals surface area contributed by atoms with Crippen LogP contribution < -0.4 is 37.8 Å². The fourth-order valence-electron chi connectivity index (χ4n) is 2.26. The van der Waals surface area contributed by atoms with E-state index < -0.39 is 0 Å². The van der Waals surface area contributed by atoms with E-state index in [-0.39, 0.29) is 18.9 Å². The average Bonchev–Trinajstić information content (AvgIpc) is 2.61. The van der Waals surface area contributed by atoms with Crippen LogP contribution in [0, 0.1) is 0 Å². The third-order valence-electron chi connectivity index (χ3n) is 3.55. The number of benzene rings is 2. The summed E-state index contributed by atoms with van der Waals surface area (Å²) >= 11 is 0. The Bertz CT molecular complexity index is 593. The van der Waals surface area contributed by atoms with Crippen LogP contribution in [-0.2, 0) is 13.1 Å². The van der Waals surface area contributed by atoms with Gasteiger partial charge < -0.3 is 24.3 Å². The van der Waals surface area contributed by atoms with Gasteiger partial charge in [-0.15, -0.1) is 13.1 Å². The van der Waals surface area contributed by atoms with Crippen LogP contribution >= 0.6 is 0 Å². The fraction of sp³-hybridized carbons (Fsp3) is 0.333. The van der Waals surface area contributed by atoms with Crippen molar-refractivity contribution in [3.63, 3.8) is 0 Å². The Hall–Kier alpha value is -1.80. The molecular formula is C18H22LiNO4. The number of ether oxygens (including phenoxy) is 4. The minimum atomic E-state index is 0. The summed E-state index contributed by atoms with van der Waals surface area (Å²) in [6, 6.07) is 11.5. The first kappa shape index (κ1) is 20.2. The first-order chi connectivity index (χ1) is 11.2. The van der Waals surface area contributed by atoms with Gasteiger partial charge in [-0.3, -0.25) is 0 Å². The first-order valence-electron chi connectivity index (χ1n) is 7.27. The Morgan fingerprint density at radius 2 is 1.08 bits per heavy atom. The van der Waals surface area contributed by atoms with Crippen LogP contribution in [0.5, 0.6) is 23.0 Å². The van der Waals surface area contributed by atoms with Crippen molar-refractivity contribution in [2.45, 2.75) is 13.1 Å². The summed E-state index contributed by atoms with van der Waals surface area (Å²) in [5, 5.41) is 4.60. The smallest absolute Gasteiger partial charge is 0.654 e. The summed E-state index contributed by atoms with van der Waals surface area (Å²) < 4.78 is 21.2. The van der Waals surface area contributed by atoms with Crippen molar-refractivity contribution in [1.82, 2.24) is 0 Å². The van der Waals surface area contributed by atoms with Crippen LogP contribution in [0.25, 0.3) is 5.32 Å². The SMILES string of the molecule is COc1ccc(C[N-]Cc2ccc(OC)cc2OC)c(OC)c1.[Li+]. The van der Waals surface area contributed by atoms with Gasteiger partial charge in [-0.1, -0.05) is 12.1 Å². The van der Waals surface area contributed by atoms with E-state index >= 15 is 0 Å². The van der Waals surface area contributed by atoms with E-state index in [0.29, 0.717) is 13.1 Å². The van der Waals surface area contributed by atoms with E-state index in [2.05, 4.69) is 5.32 Å². The Morgan fingerprint density at radius 1 is 0.667 bits per heavy atom. The maximum absolute atomic E-state index is 5.38. The van der Waals surface area contributed by atoms with Crippen molar-refractivity contribution in [3.05, 3.63) is 52.8 Å². The van der Waals surface area contributed by atoms with Crippen LogP contribution in [0.4, 0.5) is 0 Å². The van der Waals surface area contributed by atoms with Gasteiger partial charge in [-0.25, -0.2) is 0 Å². The molecule has 2 rings (SSSR count). The molecule has 0 radical (unpaired) electrons. The average molecular weight is 323 g/mol. The molecule has 6 heteroatoms. The molecule has 0 aliphatic rings. The zero-order chi connectivity index (χ0) is 16.7. The molecule has 0 unspecified atom stereocenters. The van der Waals surface area contributed by atoms with Crippen molar-refractivity contribution >= 4 is 0 Å². The van der Waals surface area contributed by atoms with E-state index in [1.807, 2.05) is 36.4 Å². The molecular weight excluding hydrogens is 301 g/mol. The fourth-order valence-corrected chi connectivity index (χ4v) is 2.26. The van der Waals surface area contributed by atoms with Crippen molar-refractivity contribution < 1.29 is 37.8 Å². The molecule has 0 amide bonds. The molecule has 2 aromatic carbocycles. The Labute approximate surface area is 155 Å². The number of hydrogen-bond acceptors (Lipinski definition) is 4. The van der Waals surface area contributed by atoms with Crippen molar-refractivity contribution in [1.29, 1.82) is 0 Å². The second-order valence-corrected chi connectivity index (χ2v) is 4.90. The van der Waals surface area contributed by atoms with Crippen LogP contribution in [0.1, 0.15) is 11.1 Å². The molecule has 5 nitrogen and oxygen atoms in total. The molecule has 0 fully saturated rings. The quantitative estimate of drug-likeness (QED) is 0.674. The van der Waals surface area contributed by atoms with E-state index in [9.17, 15) is 0 Å². The van der Waals surface area contributed by atoms with Gasteiger partial charge in [-0.2, -0.15) is 0 Å². The molecule has 0 aromatic heterocycles. The molecule has 0 aliphatic heterocycles. The van der Waals surface area contributed by atoms with Crippen LogP contribution in [0.2, 0.25) is 0 Å². The number of methoxy groups -OCH3 is 4. The standard InChI is InChI=1S/C18H22NO4.Li/c1-20-15-7-5-13(17(9-15)22-3)11-19-12-14-6-8-16(21-2)10-18(14)23-4;/h5-10H,11-12H2,1-4H3;/q-1;+1. The van der Waals surface area contributed by atoms with E-state index in [0.717, 1.165) is 34.1 Å². The van der Waals surface area contributed by atoms with E-state index in [4.69, 9.17) is 18.9 Å². The number of nitrogens with zero attached hydrogens (tertiary/aromatic N) is 1. The minimum Gasteiger partial charge on any atom is -0.654 e. The number of hydrogen-bond donors (Lipinski definition) is 0. The molecule has 0 spiro atoms. The summed E-state index contributed by atoms with van der Waals surface area (Å²) in [6.07, 6.45) is 0. The molecule has 24 heavy (non-hydrogen) atoms. The third kappa shape index (κ3) is 5.10. The normalized spacial score (nSPS) is 9.83. The maximum Gasteiger partial charge on any atom is 1.00 e. The van der Waals surface area contributed by atoms with E-state index in [1.54, 1.807) is 28.4 Å². The summed E-state index contributed by atoms with van der Waals surface area (Å²) in [5.74, 6) is 3.08. The Balaban J connectivity index is 0.00000288. The second kappa shape index (κ2) is 10.1. The predicted octanol–water partition coefficient (Wildman–Crippen LogP) is 0.799. The van der Waals surface area contributed by atoms with Crippen molar-refractivity contribution in [2.24, 2.45) is 0 Å². The third-order valence-corrected chi connectivity index (χ3v) is 3.55. The van der Waals surface area contributed by atoms with Gasteiger partial charge >= 0.3 is 18.9 Å². The van der Waals surface area contributed by atoms with Gasteiger partial charge in [0.2, 0.25) is 0 Å². The van der Waals surface area contributed by atoms with Gasteiger partial charge in [0.15, 0.2) is 0 Å². The van der Waals surface area contributed by atoms with Gasteiger partial charge in [-0.05, 0) is 23.3 Å². The zero-order valence-corrected chi connectivity index (χ0v) is 15.0. The van der Waals surface area contributed by atoms with E-state index in [1.165, 1.54) is 0 Å². The van der Waals surface area contributed by atoms with Crippen LogP contribution in [0.3, 0.4) is 0 Å². The molecule has 0 atom stereocenters. The van der Waals surface area contributed by atoms with Crippen molar-refractivity contribution in [3.8, 4) is 23.0 Å². The van der Waals surface area contributed by atoms with Gasteiger partial charge in [0.25, 0.3) is 0 Å². The largest absolute Gasteiger partial charge is 1.00 e. The molecule has 0 saturated carbocycles. The molecule has 124 valence electrons. The van der Waals surface area contributed by atoms with Crippen LogP contribution in [-0.4, -0.2) is 28.4 Å². The molecule has 2 aromatic rings. The molecule has 0 bridgehead atoms. The second-order valence-electron chi connectivity index (χ2n) is 4.90. The molecule has 0 heterocycles. The minimum absolute atomic E-state index is 0. The number of rotatable bonds is 8. The molecule has 0 saturated heterocycles. The topological polar surface area (TPSA) is 51.0 Å². The Kier molecular flexibility index (Phi) is 8.56.